The van der Waals surface area contributed by atoms with Gasteiger partial charge in [-0.15, -0.1) is 0 Å². The quantitative estimate of drug-likeness (QED) is 0.544. The van der Waals surface area contributed by atoms with Crippen molar-refractivity contribution in [2.24, 2.45) is 0 Å². The number of ether oxygens (including phenoxy) is 4. The third-order valence-corrected chi connectivity index (χ3v) is 6.73. The van der Waals surface area contributed by atoms with Gasteiger partial charge in [-0.05, 0) is 63.1 Å². The summed E-state index contributed by atoms with van der Waals surface area (Å²) >= 11 is 0. The summed E-state index contributed by atoms with van der Waals surface area (Å²) in [5.74, 6) is -0.0575. The zero-order valence-corrected chi connectivity index (χ0v) is 24.8. The summed E-state index contributed by atoms with van der Waals surface area (Å²) in [6.07, 6.45) is -0.470. The molecule has 1 N–H and O–H groups in total. The zero-order chi connectivity index (χ0) is 30.5. The number of methoxy groups -OCH3 is 2. The first-order chi connectivity index (χ1) is 19.2. The number of likely N-dealkylation sites (N-methyl/N-ethyl adjacent to an activating group) is 2. The Morgan fingerprint density at radius 3 is 2.27 bits per heavy atom. The number of benzene rings is 2. The number of carbonyl (C=O) groups is 4. The molecule has 0 aliphatic carbocycles. The summed E-state index contributed by atoms with van der Waals surface area (Å²) in [6, 6.07) is 9.45. The number of nitrogens with one attached hydrogen (secondary N) is 1. The van der Waals surface area contributed by atoms with Crippen LogP contribution >= 0.6 is 0 Å². The molecule has 0 saturated heterocycles. The molecule has 11 nitrogen and oxygen atoms in total. The molecule has 4 bridgehead atoms. The Balaban J connectivity index is 2.00. The van der Waals surface area contributed by atoms with Gasteiger partial charge in [0.1, 0.15) is 29.5 Å². The zero-order valence-electron chi connectivity index (χ0n) is 24.8. The van der Waals surface area contributed by atoms with Gasteiger partial charge in [0.05, 0.1) is 14.2 Å². The predicted molar refractivity (Wildman–Crippen MR) is 151 cm³/mol. The van der Waals surface area contributed by atoms with Crippen molar-refractivity contribution in [3.05, 3.63) is 53.6 Å². The maximum Gasteiger partial charge on any atom is 0.408 e. The van der Waals surface area contributed by atoms with E-state index in [4.69, 9.17) is 18.9 Å². The predicted octanol–water partition coefficient (Wildman–Crippen LogP) is 3.33. The standard InChI is InChI=1S/C30H39N3O8/c1-18(31-29(37)41-30(2,3)4)26(34)32(5)22-15-19-9-12-21(13-10-19)40-25-17-20(11-14-24(25)38-7)16-23(28(36)39-8)33(6)27(22)35/h9-14,17-18,22-23H,15-16H2,1-8H3,(H,31,37)/t18-,22-,23-/m0/s1. The molecule has 0 fully saturated rings. The fraction of sp³-hybridized carbons (Fsp3) is 0.467. The average molecular weight is 570 g/mol. The van der Waals surface area contributed by atoms with Gasteiger partial charge >= 0.3 is 12.1 Å². The van der Waals surface area contributed by atoms with Crippen LogP contribution in [0.2, 0.25) is 0 Å². The number of carbonyl (C=O) groups excluding carboxylic acids is 4. The minimum absolute atomic E-state index is 0.133. The van der Waals surface area contributed by atoms with Crippen molar-refractivity contribution in [1.29, 1.82) is 0 Å². The molecule has 222 valence electrons. The Kier molecular flexibility index (Phi) is 9.85. The summed E-state index contributed by atoms with van der Waals surface area (Å²) in [5, 5.41) is 2.53. The molecule has 0 saturated carbocycles. The van der Waals surface area contributed by atoms with Gasteiger partial charge in [-0.1, -0.05) is 18.2 Å². The molecule has 11 heteroatoms. The number of esters is 1. The minimum Gasteiger partial charge on any atom is -0.493 e. The normalized spacial score (nSPS) is 18.0. The third kappa shape index (κ3) is 7.90. The largest absolute Gasteiger partial charge is 0.493 e. The molecular formula is C30H39N3O8. The van der Waals surface area contributed by atoms with Crippen molar-refractivity contribution in [3.63, 3.8) is 0 Å². The van der Waals surface area contributed by atoms with Crippen LogP contribution in [0.1, 0.15) is 38.8 Å². The first-order valence-corrected chi connectivity index (χ1v) is 13.3. The van der Waals surface area contributed by atoms with Crippen LogP contribution in [0.15, 0.2) is 42.5 Å². The summed E-state index contributed by atoms with van der Waals surface area (Å²) in [4.78, 5) is 55.3. The molecule has 3 atom stereocenters. The van der Waals surface area contributed by atoms with Crippen LogP contribution < -0.4 is 14.8 Å². The molecule has 3 amide bonds. The lowest BCUT2D eigenvalue weighted by Gasteiger charge is -2.35. The van der Waals surface area contributed by atoms with Crippen molar-refractivity contribution in [3.8, 4) is 17.2 Å². The second-order valence-corrected chi connectivity index (χ2v) is 11.0. The van der Waals surface area contributed by atoms with E-state index in [1.165, 1.54) is 45.0 Å². The van der Waals surface area contributed by atoms with Crippen LogP contribution in [-0.4, -0.2) is 85.7 Å². The number of fused-ring (bicyclic) bond motifs is 7. The number of hydrogen-bond acceptors (Lipinski definition) is 8. The van der Waals surface area contributed by atoms with Gasteiger partial charge in [0, 0.05) is 26.9 Å². The Bertz CT molecular complexity index is 1270. The number of alkyl carbamates (subject to hydrolysis) is 1. The molecule has 2 heterocycles. The van der Waals surface area contributed by atoms with Crippen LogP contribution in [0.4, 0.5) is 4.79 Å². The van der Waals surface area contributed by atoms with Gasteiger partial charge in [-0.3, -0.25) is 9.59 Å². The van der Waals surface area contributed by atoms with Gasteiger partial charge in [-0.2, -0.15) is 0 Å². The minimum atomic E-state index is -0.997. The van der Waals surface area contributed by atoms with E-state index < -0.39 is 47.6 Å². The highest BCUT2D eigenvalue weighted by molar-refractivity contribution is 5.93. The summed E-state index contributed by atoms with van der Waals surface area (Å²) in [6.45, 7) is 6.67. The maximum atomic E-state index is 14.0. The topological polar surface area (TPSA) is 124 Å². The average Bonchev–Trinajstić information content (AvgIpc) is 2.92. The van der Waals surface area contributed by atoms with Gasteiger partial charge < -0.3 is 34.1 Å². The summed E-state index contributed by atoms with van der Waals surface area (Å²) < 4.78 is 21.8. The van der Waals surface area contributed by atoms with Crippen molar-refractivity contribution in [2.45, 2.75) is 64.3 Å². The number of hydrogen-bond donors (Lipinski definition) is 1. The molecule has 0 spiro atoms. The SMILES string of the molecule is COC(=O)[C@@H]1Cc2ccc(OC)c(c2)Oc2ccc(cc2)C[C@H](N(C)C(=O)[C@H](C)NC(=O)OC(C)(C)C)C(=O)N1C. The van der Waals surface area contributed by atoms with E-state index in [0.29, 0.717) is 22.8 Å². The number of nitrogens with zero attached hydrogens (tertiary/aromatic N) is 2. The highest BCUT2D eigenvalue weighted by Gasteiger charge is 2.37. The van der Waals surface area contributed by atoms with Gasteiger partial charge in [0.15, 0.2) is 11.5 Å². The van der Waals surface area contributed by atoms with E-state index in [1.807, 2.05) is 0 Å². The van der Waals surface area contributed by atoms with E-state index in [-0.39, 0.29) is 12.8 Å². The molecular weight excluding hydrogens is 530 g/mol. The van der Waals surface area contributed by atoms with Crippen LogP contribution in [-0.2, 0) is 36.7 Å². The van der Waals surface area contributed by atoms with Crippen LogP contribution in [0.25, 0.3) is 0 Å². The molecule has 2 aliphatic rings. The van der Waals surface area contributed by atoms with Gasteiger partial charge in [0.2, 0.25) is 11.8 Å². The summed E-state index contributed by atoms with van der Waals surface area (Å²) in [7, 11) is 5.80. The van der Waals surface area contributed by atoms with E-state index in [0.717, 1.165) is 5.56 Å². The molecule has 0 aromatic heterocycles. The first-order valence-electron chi connectivity index (χ1n) is 13.3. The maximum absolute atomic E-state index is 14.0. The van der Waals surface area contributed by atoms with E-state index in [2.05, 4.69) is 5.32 Å². The van der Waals surface area contributed by atoms with Gasteiger partial charge in [0.25, 0.3) is 0 Å². The highest BCUT2D eigenvalue weighted by atomic mass is 16.6. The highest BCUT2D eigenvalue weighted by Crippen LogP contribution is 2.33. The smallest absolute Gasteiger partial charge is 0.408 e. The van der Waals surface area contributed by atoms with Crippen LogP contribution in [0, 0.1) is 0 Å². The lowest BCUT2D eigenvalue weighted by Crippen LogP contribution is -2.57. The van der Waals surface area contributed by atoms with Crippen molar-refractivity contribution in [2.75, 3.05) is 28.3 Å². The van der Waals surface area contributed by atoms with Gasteiger partial charge in [-0.25, -0.2) is 9.59 Å². The lowest BCUT2D eigenvalue weighted by atomic mass is 9.99. The van der Waals surface area contributed by atoms with E-state index >= 15 is 0 Å². The van der Waals surface area contributed by atoms with Crippen LogP contribution in [0.5, 0.6) is 17.2 Å². The molecule has 2 aliphatic heterocycles. The van der Waals surface area contributed by atoms with Crippen molar-refractivity contribution >= 4 is 23.9 Å². The fourth-order valence-corrected chi connectivity index (χ4v) is 4.49. The third-order valence-electron chi connectivity index (χ3n) is 6.73. The number of amides is 3. The number of rotatable bonds is 5. The first kappa shape index (κ1) is 31.3. The second kappa shape index (κ2) is 12.9. The molecule has 0 radical (unpaired) electrons. The monoisotopic (exact) mass is 569 g/mol. The molecule has 2 aromatic rings. The van der Waals surface area contributed by atoms with Crippen molar-refractivity contribution < 1.29 is 38.1 Å². The van der Waals surface area contributed by atoms with E-state index in [9.17, 15) is 19.2 Å². The van der Waals surface area contributed by atoms with Crippen molar-refractivity contribution in [1.82, 2.24) is 15.1 Å². The Labute approximate surface area is 240 Å². The Hall–Kier alpha value is -4.28. The molecule has 4 rings (SSSR count). The van der Waals surface area contributed by atoms with Crippen LogP contribution in [0.3, 0.4) is 0 Å². The Morgan fingerprint density at radius 2 is 1.68 bits per heavy atom. The molecule has 41 heavy (non-hydrogen) atoms. The fourth-order valence-electron chi connectivity index (χ4n) is 4.49. The summed E-state index contributed by atoms with van der Waals surface area (Å²) in [5.41, 5.74) is 0.719. The lowest BCUT2D eigenvalue weighted by molar-refractivity contribution is -0.155. The Morgan fingerprint density at radius 1 is 1.05 bits per heavy atom. The van der Waals surface area contributed by atoms with E-state index in [1.54, 1.807) is 63.2 Å². The second-order valence-electron chi connectivity index (χ2n) is 11.0. The molecule has 0 unspecified atom stereocenters. The molecule has 2 aromatic carbocycles.